The Morgan fingerprint density at radius 2 is 1.93 bits per heavy atom. The van der Waals surface area contributed by atoms with Crippen LogP contribution in [0.5, 0.6) is 11.5 Å². The summed E-state index contributed by atoms with van der Waals surface area (Å²) in [5, 5.41) is 0. The molecule has 0 unspecified atom stereocenters. The van der Waals surface area contributed by atoms with Crippen molar-refractivity contribution in [3.63, 3.8) is 0 Å². The van der Waals surface area contributed by atoms with E-state index in [1.807, 2.05) is 31.2 Å². The predicted octanol–water partition coefficient (Wildman–Crippen LogP) is 3.43. The molecule has 0 aliphatic carbocycles. The molecular weight excluding hydrogens is 372 g/mol. The number of amides is 1. The van der Waals surface area contributed by atoms with Crippen molar-refractivity contribution in [1.29, 1.82) is 0 Å². The van der Waals surface area contributed by atoms with E-state index in [-0.39, 0.29) is 29.0 Å². The molecule has 1 aliphatic heterocycles. The number of halogens is 2. The fraction of sp³-hybridized carbons (Fsp3) is 0.300. The standard InChI is InChI=1S/C20H19F2NO5/c1-12-9-13-5-3-4-6-15(13)23(12)18(24)11-27-19(25)14-7-8-16(28-20(21)22)17(10-14)26-2/h3-8,10,12,20H,9,11H2,1-2H3/t12-/m1/s1. The third-order valence-electron chi connectivity index (χ3n) is 4.42. The number of fused-ring (bicyclic) bond motifs is 1. The van der Waals surface area contributed by atoms with Crippen molar-refractivity contribution in [1.82, 2.24) is 0 Å². The lowest BCUT2D eigenvalue weighted by atomic mass is 10.1. The van der Waals surface area contributed by atoms with Gasteiger partial charge in [-0.15, -0.1) is 0 Å². The van der Waals surface area contributed by atoms with Gasteiger partial charge in [-0.05, 0) is 43.2 Å². The van der Waals surface area contributed by atoms with Crippen molar-refractivity contribution in [2.75, 3.05) is 18.6 Å². The number of ether oxygens (including phenoxy) is 3. The number of hydrogen-bond acceptors (Lipinski definition) is 5. The predicted molar refractivity (Wildman–Crippen MR) is 97.0 cm³/mol. The number of para-hydroxylation sites is 1. The molecule has 6 nitrogen and oxygen atoms in total. The quantitative estimate of drug-likeness (QED) is 0.706. The Labute approximate surface area is 160 Å². The zero-order valence-electron chi connectivity index (χ0n) is 15.4. The molecule has 0 bridgehead atoms. The van der Waals surface area contributed by atoms with E-state index in [0.29, 0.717) is 0 Å². The Morgan fingerprint density at radius 3 is 2.64 bits per heavy atom. The van der Waals surface area contributed by atoms with Gasteiger partial charge >= 0.3 is 12.6 Å². The normalized spacial score (nSPS) is 15.3. The number of methoxy groups -OCH3 is 1. The van der Waals surface area contributed by atoms with Gasteiger partial charge in [0.2, 0.25) is 0 Å². The number of nitrogens with zero attached hydrogens (tertiary/aromatic N) is 1. The molecule has 0 fully saturated rings. The molecule has 1 amide bonds. The maximum absolute atomic E-state index is 12.6. The molecule has 0 saturated carbocycles. The van der Waals surface area contributed by atoms with Gasteiger partial charge in [-0.2, -0.15) is 8.78 Å². The average molecular weight is 391 g/mol. The van der Waals surface area contributed by atoms with Crippen LogP contribution >= 0.6 is 0 Å². The summed E-state index contributed by atoms with van der Waals surface area (Å²) >= 11 is 0. The van der Waals surface area contributed by atoms with E-state index in [4.69, 9.17) is 9.47 Å². The summed E-state index contributed by atoms with van der Waals surface area (Å²) in [6.45, 7) is -1.53. The van der Waals surface area contributed by atoms with Crippen molar-refractivity contribution < 1.29 is 32.6 Å². The van der Waals surface area contributed by atoms with Crippen LogP contribution in [0.25, 0.3) is 0 Å². The summed E-state index contributed by atoms with van der Waals surface area (Å²) in [4.78, 5) is 26.4. The fourth-order valence-corrected chi connectivity index (χ4v) is 3.21. The number of benzene rings is 2. The van der Waals surface area contributed by atoms with Gasteiger partial charge < -0.3 is 19.1 Å². The number of esters is 1. The van der Waals surface area contributed by atoms with Gasteiger partial charge in [-0.25, -0.2) is 4.79 Å². The highest BCUT2D eigenvalue weighted by Gasteiger charge is 2.31. The monoisotopic (exact) mass is 391 g/mol. The molecule has 2 aromatic rings. The molecule has 148 valence electrons. The van der Waals surface area contributed by atoms with E-state index in [9.17, 15) is 18.4 Å². The van der Waals surface area contributed by atoms with Gasteiger partial charge in [-0.1, -0.05) is 18.2 Å². The largest absolute Gasteiger partial charge is 0.493 e. The summed E-state index contributed by atoms with van der Waals surface area (Å²) in [7, 11) is 1.26. The smallest absolute Gasteiger partial charge is 0.387 e. The molecule has 0 spiro atoms. The summed E-state index contributed by atoms with van der Waals surface area (Å²) in [6, 6.07) is 11.2. The Kier molecular flexibility index (Phi) is 5.77. The van der Waals surface area contributed by atoms with Crippen LogP contribution < -0.4 is 14.4 Å². The fourth-order valence-electron chi connectivity index (χ4n) is 3.21. The minimum Gasteiger partial charge on any atom is -0.493 e. The maximum atomic E-state index is 12.6. The lowest BCUT2D eigenvalue weighted by molar-refractivity contribution is -0.122. The highest BCUT2D eigenvalue weighted by atomic mass is 19.3. The van der Waals surface area contributed by atoms with Crippen molar-refractivity contribution in [3.05, 3.63) is 53.6 Å². The van der Waals surface area contributed by atoms with Gasteiger partial charge in [0, 0.05) is 11.7 Å². The highest BCUT2D eigenvalue weighted by molar-refractivity contribution is 5.99. The first-order chi connectivity index (χ1) is 13.4. The molecule has 1 aliphatic rings. The minimum absolute atomic E-state index is 0.0329. The summed E-state index contributed by atoms with van der Waals surface area (Å²) in [5.74, 6) is -1.35. The van der Waals surface area contributed by atoms with Crippen molar-refractivity contribution >= 4 is 17.6 Å². The number of carbonyl (C=O) groups excluding carboxylic acids is 2. The van der Waals surface area contributed by atoms with Gasteiger partial charge in [0.15, 0.2) is 18.1 Å². The van der Waals surface area contributed by atoms with Crippen LogP contribution in [-0.2, 0) is 16.0 Å². The third kappa shape index (κ3) is 4.05. The molecule has 8 heteroatoms. The van der Waals surface area contributed by atoms with Crippen LogP contribution in [0.2, 0.25) is 0 Å². The SMILES string of the molecule is COc1cc(C(=O)OCC(=O)N2c3ccccc3C[C@H]2C)ccc1OC(F)F. The number of carbonyl (C=O) groups is 2. The summed E-state index contributed by atoms with van der Waals surface area (Å²) in [5.41, 5.74) is 1.93. The first-order valence-electron chi connectivity index (χ1n) is 8.60. The first kappa shape index (κ1) is 19.6. The second-order valence-electron chi connectivity index (χ2n) is 6.27. The van der Waals surface area contributed by atoms with Gasteiger partial charge in [-0.3, -0.25) is 4.79 Å². The van der Waals surface area contributed by atoms with E-state index in [0.717, 1.165) is 17.7 Å². The third-order valence-corrected chi connectivity index (χ3v) is 4.42. The van der Waals surface area contributed by atoms with Gasteiger partial charge in [0.05, 0.1) is 12.7 Å². The minimum atomic E-state index is -3.02. The second-order valence-corrected chi connectivity index (χ2v) is 6.27. The summed E-state index contributed by atoms with van der Waals surface area (Å²) < 4.78 is 39.1. The number of rotatable bonds is 6. The van der Waals surface area contributed by atoms with Crippen molar-refractivity contribution in [2.24, 2.45) is 0 Å². The molecule has 1 atom stereocenters. The molecule has 28 heavy (non-hydrogen) atoms. The van der Waals surface area contributed by atoms with Crippen molar-refractivity contribution in [3.8, 4) is 11.5 Å². The van der Waals surface area contributed by atoms with Crippen LogP contribution in [0.3, 0.4) is 0 Å². The van der Waals surface area contributed by atoms with E-state index < -0.39 is 19.2 Å². The van der Waals surface area contributed by atoms with E-state index in [2.05, 4.69) is 4.74 Å². The Balaban J connectivity index is 1.66. The molecule has 0 aromatic heterocycles. The molecular formula is C20H19F2NO5. The number of anilines is 1. The average Bonchev–Trinajstić information content (AvgIpc) is 3.01. The zero-order valence-corrected chi connectivity index (χ0v) is 15.4. The molecule has 1 heterocycles. The lowest BCUT2D eigenvalue weighted by Gasteiger charge is -2.22. The molecule has 2 aromatic carbocycles. The highest BCUT2D eigenvalue weighted by Crippen LogP contribution is 2.32. The lowest BCUT2D eigenvalue weighted by Crippen LogP contribution is -2.38. The second kappa shape index (κ2) is 8.24. The number of alkyl halides is 2. The maximum Gasteiger partial charge on any atom is 0.387 e. The van der Waals surface area contributed by atoms with Gasteiger partial charge in [0.1, 0.15) is 0 Å². The topological polar surface area (TPSA) is 65.1 Å². The summed E-state index contributed by atoms with van der Waals surface area (Å²) in [6.07, 6.45) is 0.735. The van der Waals surface area contributed by atoms with Crippen molar-refractivity contribution in [2.45, 2.75) is 26.0 Å². The molecule has 0 saturated heterocycles. The van der Waals surface area contributed by atoms with Crippen LogP contribution in [0.15, 0.2) is 42.5 Å². The van der Waals surface area contributed by atoms with Crippen LogP contribution in [0.4, 0.5) is 14.5 Å². The van der Waals surface area contributed by atoms with E-state index >= 15 is 0 Å². The van der Waals surface area contributed by atoms with Crippen LogP contribution in [0, 0.1) is 0 Å². The molecule has 0 radical (unpaired) electrons. The van der Waals surface area contributed by atoms with Gasteiger partial charge in [0.25, 0.3) is 5.91 Å². The molecule has 3 rings (SSSR count). The zero-order chi connectivity index (χ0) is 20.3. The Morgan fingerprint density at radius 1 is 1.18 bits per heavy atom. The van der Waals surface area contributed by atoms with Crippen LogP contribution in [-0.4, -0.2) is 38.2 Å². The number of hydrogen-bond donors (Lipinski definition) is 0. The Bertz CT molecular complexity index is 887. The molecule has 0 N–H and O–H groups in total. The van der Waals surface area contributed by atoms with Crippen LogP contribution in [0.1, 0.15) is 22.8 Å². The van der Waals surface area contributed by atoms with E-state index in [1.165, 1.54) is 25.3 Å². The first-order valence-corrected chi connectivity index (χ1v) is 8.60. The van der Waals surface area contributed by atoms with E-state index in [1.54, 1.807) is 4.90 Å². The Hall–Kier alpha value is -3.16.